The van der Waals surface area contributed by atoms with E-state index in [4.69, 9.17) is 9.47 Å². The van der Waals surface area contributed by atoms with Gasteiger partial charge in [0.25, 0.3) is 5.91 Å². The van der Waals surface area contributed by atoms with Crippen LogP contribution in [0.3, 0.4) is 0 Å². The van der Waals surface area contributed by atoms with Crippen LogP contribution >= 0.6 is 27.3 Å². The number of thiophene rings is 1. The third-order valence-electron chi connectivity index (χ3n) is 3.42. The van der Waals surface area contributed by atoms with Gasteiger partial charge >= 0.3 is 11.9 Å². The summed E-state index contributed by atoms with van der Waals surface area (Å²) in [6.07, 6.45) is 0. The van der Waals surface area contributed by atoms with Gasteiger partial charge in [-0.05, 0) is 50.6 Å². The van der Waals surface area contributed by atoms with E-state index in [9.17, 15) is 14.4 Å². The Balaban J connectivity index is 2.40. The minimum atomic E-state index is -0.595. The summed E-state index contributed by atoms with van der Waals surface area (Å²) in [5.74, 6) is -1.52. The standard InChI is InChI=1S/C18H18BrNO5S/c1-4-24-17(22)13-10(3)14(18(23)25-5-2)26-16(13)20-15(21)11-6-8-12(19)9-7-11/h6-9H,4-5H2,1-3H3,(H,20,21). The minimum absolute atomic E-state index is 0.172. The quantitative estimate of drug-likeness (QED) is 0.673. The number of ether oxygens (including phenoxy) is 2. The van der Waals surface area contributed by atoms with E-state index < -0.39 is 11.9 Å². The van der Waals surface area contributed by atoms with Crippen molar-refractivity contribution in [2.45, 2.75) is 20.8 Å². The molecule has 2 aromatic rings. The number of rotatable bonds is 6. The van der Waals surface area contributed by atoms with Gasteiger partial charge in [-0.25, -0.2) is 9.59 Å². The highest BCUT2D eigenvalue weighted by atomic mass is 79.9. The lowest BCUT2D eigenvalue weighted by molar-refractivity contribution is 0.0527. The van der Waals surface area contributed by atoms with Crippen molar-refractivity contribution in [2.75, 3.05) is 18.5 Å². The largest absolute Gasteiger partial charge is 0.462 e. The van der Waals surface area contributed by atoms with E-state index in [2.05, 4.69) is 21.2 Å². The van der Waals surface area contributed by atoms with Crippen LogP contribution in [0, 0.1) is 6.92 Å². The van der Waals surface area contributed by atoms with Crippen LogP contribution in [-0.2, 0) is 9.47 Å². The SMILES string of the molecule is CCOC(=O)c1sc(NC(=O)c2ccc(Br)cc2)c(C(=O)OCC)c1C. The molecule has 0 saturated carbocycles. The molecule has 0 saturated heterocycles. The van der Waals surface area contributed by atoms with E-state index in [1.165, 1.54) is 0 Å². The second kappa shape index (κ2) is 8.95. The van der Waals surface area contributed by atoms with E-state index >= 15 is 0 Å². The molecular formula is C18H18BrNO5S. The summed E-state index contributed by atoms with van der Waals surface area (Å²) >= 11 is 4.31. The Morgan fingerprint density at radius 3 is 2.19 bits per heavy atom. The zero-order valence-electron chi connectivity index (χ0n) is 14.6. The third-order valence-corrected chi connectivity index (χ3v) is 5.14. The zero-order chi connectivity index (χ0) is 19.3. The second-order valence-corrected chi connectivity index (χ2v) is 7.10. The smallest absolute Gasteiger partial charge is 0.348 e. The summed E-state index contributed by atoms with van der Waals surface area (Å²) < 4.78 is 10.9. The lowest BCUT2D eigenvalue weighted by Crippen LogP contribution is -2.14. The van der Waals surface area contributed by atoms with Crippen molar-refractivity contribution in [3.63, 3.8) is 0 Å². The monoisotopic (exact) mass is 439 g/mol. The highest BCUT2D eigenvalue weighted by Gasteiger charge is 2.27. The van der Waals surface area contributed by atoms with Gasteiger partial charge < -0.3 is 14.8 Å². The Labute approximate surface area is 163 Å². The summed E-state index contributed by atoms with van der Waals surface area (Å²) in [6.45, 7) is 5.41. The van der Waals surface area contributed by atoms with Crippen LogP contribution in [0.15, 0.2) is 28.7 Å². The first-order valence-corrected chi connectivity index (χ1v) is 9.54. The molecule has 8 heteroatoms. The van der Waals surface area contributed by atoms with E-state index in [1.807, 2.05) is 0 Å². The molecule has 138 valence electrons. The molecule has 0 aliphatic rings. The van der Waals surface area contributed by atoms with Crippen molar-refractivity contribution in [3.05, 3.63) is 50.3 Å². The van der Waals surface area contributed by atoms with Crippen LogP contribution in [0.2, 0.25) is 0 Å². The first-order valence-electron chi connectivity index (χ1n) is 7.93. The number of nitrogens with one attached hydrogen (secondary N) is 1. The summed E-state index contributed by atoms with van der Waals surface area (Å²) in [6, 6.07) is 6.78. The molecule has 0 unspecified atom stereocenters. The van der Waals surface area contributed by atoms with Crippen LogP contribution in [0.5, 0.6) is 0 Å². The minimum Gasteiger partial charge on any atom is -0.462 e. The predicted molar refractivity (Wildman–Crippen MR) is 103 cm³/mol. The Hall–Kier alpha value is -2.19. The molecule has 0 bridgehead atoms. The van der Waals surface area contributed by atoms with Crippen molar-refractivity contribution < 1.29 is 23.9 Å². The molecule has 6 nitrogen and oxygen atoms in total. The molecule has 0 fully saturated rings. The predicted octanol–water partition coefficient (Wildman–Crippen LogP) is 4.42. The maximum atomic E-state index is 12.5. The molecule has 1 aromatic carbocycles. The average Bonchev–Trinajstić information content (AvgIpc) is 2.92. The first-order chi connectivity index (χ1) is 12.4. The number of hydrogen-bond acceptors (Lipinski definition) is 6. The van der Waals surface area contributed by atoms with Crippen molar-refractivity contribution in [2.24, 2.45) is 0 Å². The van der Waals surface area contributed by atoms with E-state index in [1.54, 1.807) is 45.0 Å². The van der Waals surface area contributed by atoms with Gasteiger partial charge in [0.15, 0.2) is 0 Å². The third kappa shape index (κ3) is 4.50. The Kier molecular flexibility index (Phi) is 6.93. The summed E-state index contributed by atoms with van der Waals surface area (Å²) in [5, 5.41) is 2.96. The Morgan fingerprint density at radius 2 is 1.62 bits per heavy atom. The molecule has 0 aliphatic heterocycles. The van der Waals surface area contributed by atoms with Gasteiger partial charge in [0.05, 0.1) is 18.8 Å². The van der Waals surface area contributed by atoms with E-state index in [0.717, 1.165) is 15.8 Å². The number of amides is 1. The fourth-order valence-corrected chi connectivity index (χ4v) is 3.57. The molecule has 0 spiro atoms. The van der Waals surface area contributed by atoms with Gasteiger partial charge in [0.2, 0.25) is 0 Å². The fourth-order valence-electron chi connectivity index (χ4n) is 2.22. The molecular weight excluding hydrogens is 422 g/mol. The van der Waals surface area contributed by atoms with Crippen molar-refractivity contribution in [3.8, 4) is 0 Å². The lowest BCUT2D eigenvalue weighted by Gasteiger charge is -2.07. The maximum absolute atomic E-state index is 12.5. The van der Waals surface area contributed by atoms with Crippen molar-refractivity contribution in [1.82, 2.24) is 0 Å². The summed E-state index contributed by atoms with van der Waals surface area (Å²) in [7, 11) is 0. The second-order valence-electron chi connectivity index (χ2n) is 5.16. The van der Waals surface area contributed by atoms with E-state index in [-0.39, 0.29) is 34.6 Å². The molecule has 1 heterocycles. The molecule has 26 heavy (non-hydrogen) atoms. The molecule has 1 amide bonds. The average molecular weight is 440 g/mol. The van der Waals surface area contributed by atoms with E-state index in [0.29, 0.717) is 11.1 Å². The van der Waals surface area contributed by atoms with Crippen LogP contribution in [0.25, 0.3) is 0 Å². The number of halogens is 1. The molecule has 1 N–H and O–H groups in total. The molecule has 1 aromatic heterocycles. The number of esters is 2. The topological polar surface area (TPSA) is 81.7 Å². The molecule has 2 rings (SSSR count). The number of hydrogen-bond donors (Lipinski definition) is 1. The zero-order valence-corrected chi connectivity index (χ0v) is 17.0. The van der Waals surface area contributed by atoms with Crippen LogP contribution < -0.4 is 5.32 Å². The lowest BCUT2D eigenvalue weighted by atomic mass is 10.1. The molecule has 0 radical (unpaired) electrons. The number of carbonyl (C=O) groups is 3. The highest BCUT2D eigenvalue weighted by Crippen LogP contribution is 2.34. The van der Waals surface area contributed by atoms with Crippen LogP contribution in [0.1, 0.15) is 49.8 Å². The van der Waals surface area contributed by atoms with Gasteiger partial charge in [-0.2, -0.15) is 0 Å². The first kappa shape index (κ1) is 20.1. The normalized spacial score (nSPS) is 10.3. The van der Waals surface area contributed by atoms with Gasteiger partial charge in [-0.15, -0.1) is 11.3 Å². The van der Waals surface area contributed by atoms with Gasteiger partial charge in [-0.3, -0.25) is 4.79 Å². The number of benzene rings is 1. The van der Waals surface area contributed by atoms with Crippen molar-refractivity contribution in [1.29, 1.82) is 0 Å². The van der Waals surface area contributed by atoms with Crippen LogP contribution in [0.4, 0.5) is 5.00 Å². The van der Waals surface area contributed by atoms with Gasteiger partial charge in [-0.1, -0.05) is 15.9 Å². The van der Waals surface area contributed by atoms with Gasteiger partial charge in [0.1, 0.15) is 9.88 Å². The summed E-state index contributed by atoms with van der Waals surface area (Å²) in [5.41, 5.74) is 1.02. The molecule has 0 atom stereocenters. The number of anilines is 1. The van der Waals surface area contributed by atoms with Crippen LogP contribution in [-0.4, -0.2) is 31.1 Å². The Morgan fingerprint density at radius 1 is 1.04 bits per heavy atom. The van der Waals surface area contributed by atoms with Gasteiger partial charge in [0, 0.05) is 10.0 Å². The molecule has 0 aliphatic carbocycles. The fraction of sp³-hybridized carbons (Fsp3) is 0.278. The highest BCUT2D eigenvalue weighted by molar-refractivity contribution is 9.10. The van der Waals surface area contributed by atoms with Crippen molar-refractivity contribution >= 4 is 50.1 Å². The maximum Gasteiger partial charge on any atom is 0.348 e. The Bertz CT molecular complexity index is 829. The number of carbonyl (C=O) groups excluding carboxylic acids is 3. The summed E-state index contributed by atoms with van der Waals surface area (Å²) in [4.78, 5) is 37.2.